The first kappa shape index (κ1) is 15.5. The molecule has 6 rings (SSSR count). The molecule has 0 amide bonds. The molecule has 1 aromatic rings. The predicted molar refractivity (Wildman–Crippen MR) is 87.3 cm³/mol. The number of rotatable bonds is 1. The average molecular weight is 350 g/mol. The maximum Gasteiger partial charge on any atom is 0.218 e. The molecule has 4 aliphatic heterocycles. The summed E-state index contributed by atoms with van der Waals surface area (Å²) < 4.78 is 25.8. The molecule has 1 aliphatic carbocycles. The number of halogens is 1. The first-order valence-electron chi connectivity index (χ1n) is 8.67. The van der Waals surface area contributed by atoms with Gasteiger partial charge in [0.1, 0.15) is 17.8 Å². The minimum atomic E-state index is -1.53. The van der Waals surface area contributed by atoms with Crippen molar-refractivity contribution in [3.8, 4) is 12.1 Å². The van der Waals surface area contributed by atoms with Crippen molar-refractivity contribution < 1.29 is 13.9 Å². The third-order valence-corrected chi connectivity index (χ3v) is 6.37. The number of hydrogen-bond acceptors (Lipinski definition) is 5. The third kappa shape index (κ3) is 1.42. The molecule has 130 valence electrons. The van der Waals surface area contributed by atoms with Crippen LogP contribution < -0.4 is 0 Å². The zero-order valence-corrected chi connectivity index (χ0v) is 13.8. The van der Waals surface area contributed by atoms with Crippen molar-refractivity contribution in [1.29, 1.82) is 15.9 Å². The van der Waals surface area contributed by atoms with Crippen molar-refractivity contribution in [2.75, 3.05) is 0 Å². The fourth-order valence-electron chi connectivity index (χ4n) is 5.26. The molecule has 3 saturated heterocycles. The van der Waals surface area contributed by atoms with E-state index in [1.165, 1.54) is 12.1 Å². The summed E-state index contributed by atoms with van der Waals surface area (Å²) in [5, 5.41) is 28.9. The standard InChI is InChI=1S/C19H15FN4O2/c20-12-6-4-11(5-7-12)14-18(10-22)16-24-15(23)17(18,9-21)13-3-1-2-8-19(13,25-14)26-16/h4-7,13-14,23H,1-3,8H2/t13-,14+,17+,18+,19-/m0/s1. The van der Waals surface area contributed by atoms with Crippen molar-refractivity contribution in [2.45, 2.75) is 37.6 Å². The second-order valence-corrected chi connectivity index (χ2v) is 7.37. The summed E-state index contributed by atoms with van der Waals surface area (Å²) >= 11 is 0. The SMILES string of the molecule is N#C[C@@]12C3=NC(=N)[C@@]1(C#N)[C@@H]1CCCC[C@@]1(O3)O[C@@H]2c1ccc(F)cc1. The molecule has 5 aliphatic rings. The van der Waals surface area contributed by atoms with Gasteiger partial charge in [0.25, 0.3) is 0 Å². The Morgan fingerprint density at radius 3 is 2.58 bits per heavy atom. The van der Waals surface area contributed by atoms with Crippen LogP contribution in [-0.4, -0.2) is 17.5 Å². The van der Waals surface area contributed by atoms with E-state index in [0.29, 0.717) is 18.4 Å². The largest absolute Gasteiger partial charge is 0.447 e. The number of fused-ring (bicyclic) bond motifs is 1. The molecule has 26 heavy (non-hydrogen) atoms. The van der Waals surface area contributed by atoms with Gasteiger partial charge in [-0.05, 0) is 30.5 Å². The fraction of sp³-hybridized carbons (Fsp3) is 0.474. The number of nitriles is 2. The Bertz CT molecular complexity index is 946. The van der Waals surface area contributed by atoms with Gasteiger partial charge < -0.3 is 9.47 Å². The van der Waals surface area contributed by atoms with Crippen LogP contribution in [0, 0.1) is 50.6 Å². The summed E-state index contributed by atoms with van der Waals surface area (Å²) in [6.07, 6.45) is 2.13. The first-order chi connectivity index (χ1) is 12.5. The molecule has 0 unspecified atom stereocenters. The van der Waals surface area contributed by atoms with Crippen molar-refractivity contribution in [3.63, 3.8) is 0 Å². The molecular weight excluding hydrogens is 335 g/mol. The summed E-state index contributed by atoms with van der Waals surface area (Å²) in [6.45, 7) is 0. The Morgan fingerprint density at radius 1 is 1.15 bits per heavy atom. The molecule has 0 radical (unpaired) electrons. The number of nitrogens with zero attached hydrogens (tertiary/aromatic N) is 3. The summed E-state index contributed by atoms with van der Waals surface area (Å²) in [5.41, 5.74) is -2.35. The normalized spacial score (nSPS) is 42.3. The first-order valence-corrected chi connectivity index (χ1v) is 8.67. The quantitative estimate of drug-likeness (QED) is 0.840. The molecule has 1 saturated carbocycles. The van der Waals surface area contributed by atoms with Crippen LogP contribution >= 0.6 is 0 Å². The van der Waals surface area contributed by atoms with Gasteiger partial charge in [0.2, 0.25) is 11.7 Å². The molecule has 1 aromatic carbocycles. The van der Waals surface area contributed by atoms with Crippen LogP contribution in [0.1, 0.15) is 37.4 Å². The minimum Gasteiger partial charge on any atom is -0.447 e. The Kier molecular flexibility index (Phi) is 2.79. The molecular formula is C19H15FN4O2. The summed E-state index contributed by atoms with van der Waals surface area (Å²) in [5.74, 6) is -1.90. The second kappa shape index (κ2) is 4.69. The summed E-state index contributed by atoms with van der Waals surface area (Å²) in [7, 11) is 0. The zero-order chi connectivity index (χ0) is 18.2. The lowest BCUT2D eigenvalue weighted by Gasteiger charge is -2.63. The number of aliphatic imine (C=N–C) groups is 1. The lowest BCUT2D eigenvalue weighted by atomic mass is 9.48. The highest BCUT2D eigenvalue weighted by Gasteiger charge is 2.83. The fourth-order valence-corrected chi connectivity index (χ4v) is 5.26. The highest BCUT2D eigenvalue weighted by molar-refractivity contribution is 6.12. The Morgan fingerprint density at radius 2 is 1.88 bits per heavy atom. The summed E-state index contributed by atoms with van der Waals surface area (Å²) in [4.78, 5) is 4.21. The maximum atomic E-state index is 13.4. The highest BCUT2D eigenvalue weighted by Crippen LogP contribution is 2.72. The van der Waals surface area contributed by atoms with E-state index in [1.54, 1.807) is 12.1 Å². The highest BCUT2D eigenvalue weighted by atomic mass is 19.1. The molecule has 6 nitrogen and oxygen atoms in total. The van der Waals surface area contributed by atoms with Gasteiger partial charge in [-0.1, -0.05) is 18.6 Å². The van der Waals surface area contributed by atoms with Crippen LogP contribution in [0.4, 0.5) is 4.39 Å². The van der Waals surface area contributed by atoms with Gasteiger partial charge in [0.05, 0.1) is 18.1 Å². The lowest BCUT2D eigenvalue weighted by molar-refractivity contribution is -0.355. The molecule has 5 atom stereocenters. The van der Waals surface area contributed by atoms with Crippen LogP contribution in [0.25, 0.3) is 0 Å². The van der Waals surface area contributed by atoms with Crippen molar-refractivity contribution in [1.82, 2.24) is 0 Å². The molecule has 1 N–H and O–H groups in total. The predicted octanol–water partition coefficient (Wildman–Crippen LogP) is 3.22. The number of hydrogen-bond donors (Lipinski definition) is 1. The van der Waals surface area contributed by atoms with Crippen molar-refractivity contribution in [3.05, 3.63) is 35.6 Å². The molecule has 1 spiro atoms. The Balaban J connectivity index is 1.80. The van der Waals surface area contributed by atoms with Crippen LogP contribution in [0.2, 0.25) is 0 Å². The third-order valence-electron chi connectivity index (χ3n) is 6.37. The molecule has 4 bridgehead atoms. The van der Waals surface area contributed by atoms with E-state index < -0.39 is 34.5 Å². The van der Waals surface area contributed by atoms with Gasteiger partial charge in [-0.3, -0.25) is 5.41 Å². The van der Waals surface area contributed by atoms with Gasteiger partial charge in [0, 0.05) is 6.42 Å². The van der Waals surface area contributed by atoms with Crippen LogP contribution in [0.15, 0.2) is 29.3 Å². The maximum absolute atomic E-state index is 13.4. The van der Waals surface area contributed by atoms with E-state index >= 15 is 0 Å². The Hall–Kier alpha value is -2.77. The van der Waals surface area contributed by atoms with E-state index in [9.17, 15) is 14.9 Å². The molecule has 4 heterocycles. The number of nitrogens with one attached hydrogen (secondary N) is 1. The minimum absolute atomic E-state index is 0.102. The van der Waals surface area contributed by atoms with Gasteiger partial charge >= 0.3 is 0 Å². The van der Waals surface area contributed by atoms with Gasteiger partial charge in [-0.25, -0.2) is 4.39 Å². The van der Waals surface area contributed by atoms with Crippen LogP contribution in [0.5, 0.6) is 0 Å². The lowest BCUT2D eigenvalue weighted by Crippen LogP contribution is -2.72. The average Bonchev–Trinajstić information content (AvgIpc) is 2.85. The second-order valence-electron chi connectivity index (χ2n) is 7.37. The van der Waals surface area contributed by atoms with E-state index in [1.807, 2.05) is 0 Å². The van der Waals surface area contributed by atoms with E-state index in [0.717, 1.165) is 12.8 Å². The molecule has 4 fully saturated rings. The van der Waals surface area contributed by atoms with Gasteiger partial charge in [-0.2, -0.15) is 15.5 Å². The summed E-state index contributed by atoms with van der Waals surface area (Å²) in [6, 6.07) is 10.3. The topological polar surface area (TPSA) is 102 Å². The number of amidine groups is 1. The number of ether oxygens (including phenoxy) is 2. The zero-order valence-electron chi connectivity index (χ0n) is 13.8. The van der Waals surface area contributed by atoms with E-state index in [4.69, 9.17) is 14.9 Å². The van der Waals surface area contributed by atoms with Gasteiger partial charge in [-0.15, -0.1) is 0 Å². The van der Waals surface area contributed by atoms with E-state index in [-0.39, 0.29) is 11.7 Å². The monoisotopic (exact) mass is 350 g/mol. The van der Waals surface area contributed by atoms with Gasteiger partial charge in [0.15, 0.2) is 10.8 Å². The molecule has 0 aromatic heterocycles. The Labute approximate surface area is 149 Å². The smallest absolute Gasteiger partial charge is 0.218 e. The van der Waals surface area contributed by atoms with Crippen LogP contribution in [-0.2, 0) is 9.47 Å². The molecule has 7 heteroatoms. The van der Waals surface area contributed by atoms with Crippen molar-refractivity contribution >= 4 is 11.7 Å². The number of benzene rings is 1. The van der Waals surface area contributed by atoms with E-state index in [2.05, 4.69) is 17.1 Å². The van der Waals surface area contributed by atoms with Crippen molar-refractivity contribution in [2.24, 2.45) is 21.7 Å². The van der Waals surface area contributed by atoms with Crippen LogP contribution in [0.3, 0.4) is 0 Å².